The van der Waals surface area contributed by atoms with E-state index in [0.717, 1.165) is 44.2 Å². The zero-order chi connectivity index (χ0) is 10.7. The van der Waals surface area contributed by atoms with Gasteiger partial charge in [0.2, 0.25) is 0 Å². The minimum atomic E-state index is -0.106. The lowest BCUT2D eigenvalue weighted by atomic mass is 9.92. The third kappa shape index (κ3) is 3.06. The van der Waals surface area contributed by atoms with Gasteiger partial charge in [-0.05, 0) is 38.5 Å². The topological polar surface area (TPSA) is 49.3 Å². The van der Waals surface area contributed by atoms with Crippen LogP contribution in [0.3, 0.4) is 0 Å². The van der Waals surface area contributed by atoms with Crippen molar-refractivity contribution in [2.75, 3.05) is 0 Å². The van der Waals surface area contributed by atoms with Crippen molar-refractivity contribution in [3.63, 3.8) is 0 Å². The predicted molar refractivity (Wildman–Crippen MR) is 58.3 cm³/mol. The standard InChI is InChI=1S/C12H19NO2/c14-11-6-4-9(5-7-11)13-10-2-1-3-12(15)8-10/h8-9,11,13-14H,1-7H2. The van der Waals surface area contributed by atoms with Crippen LogP contribution < -0.4 is 5.32 Å². The maximum atomic E-state index is 11.2. The van der Waals surface area contributed by atoms with Gasteiger partial charge in [-0.3, -0.25) is 4.79 Å². The Bertz CT molecular complexity index is 265. The van der Waals surface area contributed by atoms with Gasteiger partial charge in [0.05, 0.1) is 6.10 Å². The molecule has 3 nitrogen and oxygen atoms in total. The zero-order valence-corrected chi connectivity index (χ0v) is 9.04. The molecule has 2 N–H and O–H groups in total. The number of allylic oxidation sites excluding steroid dienone is 2. The molecule has 1 fully saturated rings. The highest BCUT2D eigenvalue weighted by Gasteiger charge is 2.20. The first kappa shape index (κ1) is 10.7. The van der Waals surface area contributed by atoms with Crippen molar-refractivity contribution in [3.05, 3.63) is 11.8 Å². The van der Waals surface area contributed by atoms with E-state index in [1.807, 2.05) is 0 Å². The highest BCUT2D eigenvalue weighted by Crippen LogP contribution is 2.21. The molecule has 0 aromatic carbocycles. The summed E-state index contributed by atoms with van der Waals surface area (Å²) in [5.41, 5.74) is 1.10. The minimum absolute atomic E-state index is 0.106. The van der Waals surface area contributed by atoms with E-state index in [2.05, 4.69) is 5.32 Å². The number of carbonyl (C=O) groups is 1. The van der Waals surface area contributed by atoms with Crippen LogP contribution in [0.25, 0.3) is 0 Å². The summed E-state index contributed by atoms with van der Waals surface area (Å²) in [6.07, 6.45) is 8.16. The van der Waals surface area contributed by atoms with E-state index in [9.17, 15) is 9.90 Å². The largest absolute Gasteiger partial charge is 0.393 e. The van der Waals surface area contributed by atoms with Crippen molar-refractivity contribution in [3.8, 4) is 0 Å². The Hall–Kier alpha value is -0.830. The second kappa shape index (κ2) is 4.79. The first-order valence-corrected chi connectivity index (χ1v) is 5.92. The molecule has 0 saturated heterocycles. The maximum absolute atomic E-state index is 11.2. The van der Waals surface area contributed by atoms with Crippen molar-refractivity contribution in [2.45, 2.75) is 57.1 Å². The lowest BCUT2D eigenvalue weighted by molar-refractivity contribution is -0.115. The van der Waals surface area contributed by atoms with Crippen LogP contribution in [-0.4, -0.2) is 23.0 Å². The molecule has 2 aliphatic rings. The zero-order valence-electron chi connectivity index (χ0n) is 9.04. The minimum Gasteiger partial charge on any atom is -0.393 e. The molecule has 84 valence electrons. The Kier molecular flexibility index (Phi) is 3.41. The molecule has 0 aromatic rings. The highest BCUT2D eigenvalue weighted by atomic mass is 16.3. The highest BCUT2D eigenvalue weighted by molar-refractivity contribution is 5.91. The number of aliphatic hydroxyl groups excluding tert-OH is 1. The molecule has 2 rings (SSSR count). The molecule has 1 saturated carbocycles. The van der Waals surface area contributed by atoms with Gasteiger partial charge in [-0.2, -0.15) is 0 Å². The lowest BCUT2D eigenvalue weighted by Gasteiger charge is -2.28. The summed E-state index contributed by atoms with van der Waals surface area (Å²) in [7, 11) is 0. The van der Waals surface area contributed by atoms with Crippen LogP contribution in [0.4, 0.5) is 0 Å². The molecular formula is C12H19NO2. The molecule has 0 heterocycles. The van der Waals surface area contributed by atoms with Crippen LogP contribution in [0, 0.1) is 0 Å². The number of carbonyl (C=O) groups excluding carboxylic acids is 1. The van der Waals surface area contributed by atoms with E-state index >= 15 is 0 Å². The average Bonchev–Trinajstić information content (AvgIpc) is 2.22. The fraction of sp³-hybridized carbons (Fsp3) is 0.750. The van der Waals surface area contributed by atoms with Gasteiger partial charge in [-0.25, -0.2) is 0 Å². The molecule has 0 amide bonds. The van der Waals surface area contributed by atoms with Gasteiger partial charge in [-0.15, -0.1) is 0 Å². The molecule has 0 unspecified atom stereocenters. The Balaban J connectivity index is 1.83. The van der Waals surface area contributed by atoms with Gasteiger partial charge in [-0.1, -0.05) is 0 Å². The molecule has 3 heteroatoms. The van der Waals surface area contributed by atoms with E-state index in [1.54, 1.807) is 6.08 Å². The molecular weight excluding hydrogens is 190 g/mol. The summed E-state index contributed by atoms with van der Waals surface area (Å²) in [6, 6.07) is 0.463. The fourth-order valence-corrected chi connectivity index (χ4v) is 2.39. The van der Waals surface area contributed by atoms with Crippen LogP contribution >= 0.6 is 0 Å². The molecule has 0 aromatic heterocycles. The molecule has 2 aliphatic carbocycles. The van der Waals surface area contributed by atoms with Crippen molar-refractivity contribution in [2.24, 2.45) is 0 Å². The third-order valence-corrected chi connectivity index (χ3v) is 3.29. The molecule has 15 heavy (non-hydrogen) atoms. The van der Waals surface area contributed by atoms with Gasteiger partial charge in [0, 0.05) is 24.2 Å². The summed E-state index contributed by atoms with van der Waals surface area (Å²) in [6.45, 7) is 0. The van der Waals surface area contributed by atoms with Crippen LogP contribution in [0.15, 0.2) is 11.8 Å². The Morgan fingerprint density at radius 3 is 2.60 bits per heavy atom. The van der Waals surface area contributed by atoms with Gasteiger partial charge in [0.1, 0.15) is 0 Å². The first-order valence-electron chi connectivity index (χ1n) is 5.92. The average molecular weight is 209 g/mol. The molecule has 0 radical (unpaired) electrons. The molecule has 0 aliphatic heterocycles. The molecule has 0 spiro atoms. The van der Waals surface area contributed by atoms with Crippen LogP contribution in [-0.2, 0) is 4.79 Å². The van der Waals surface area contributed by atoms with Gasteiger partial charge in [0.15, 0.2) is 5.78 Å². The smallest absolute Gasteiger partial charge is 0.157 e. The quantitative estimate of drug-likeness (QED) is 0.725. The van der Waals surface area contributed by atoms with Crippen LogP contribution in [0.1, 0.15) is 44.9 Å². The van der Waals surface area contributed by atoms with Crippen molar-refractivity contribution < 1.29 is 9.90 Å². The summed E-state index contributed by atoms with van der Waals surface area (Å²) in [5.74, 6) is 0.250. The summed E-state index contributed by atoms with van der Waals surface area (Å²) >= 11 is 0. The summed E-state index contributed by atoms with van der Waals surface area (Å²) in [4.78, 5) is 11.2. The van der Waals surface area contributed by atoms with E-state index in [-0.39, 0.29) is 11.9 Å². The van der Waals surface area contributed by atoms with E-state index in [1.165, 1.54) is 0 Å². The number of nitrogens with one attached hydrogen (secondary N) is 1. The molecule has 0 atom stereocenters. The summed E-state index contributed by atoms with van der Waals surface area (Å²) < 4.78 is 0. The Morgan fingerprint density at radius 2 is 1.93 bits per heavy atom. The molecule has 0 bridgehead atoms. The van der Waals surface area contributed by atoms with E-state index < -0.39 is 0 Å². The van der Waals surface area contributed by atoms with Crippen molar-refractivity contribution >= 4 is 5.78 Å². The van der Waals surface area contributed by atoms with Crippen molar-refractivity contribution in [1.82, 2.24) is 5.32 Å². The summed E-state index contributed by atoms with van der Waals surface area (Å²) in [5, 5.41) is 12.8. The second-order valence-corrected chi connectivity index (χ2v) is 4.64. The SMILES string of the molecule is O=C1C=C(NC2CCC(O)CC2)CCC1. The van der Waals surface area contributed by atoms with Crippen LogP contribution in [0.5, 0.6) is 0 Å². The van der Waals surface area contributed by atoms with Crippen molar-refractivity contribution in [1.29, 1.82) is 0 Å². The number of aliphatic hydroxyl groups is 1. The van der Waals surface area contributed by atoms with Gasteiger partial charge < -0.3 is 10.4 Å². The van der Waals surface area contributed by atoms with E-state index in [0.29, 0.717) is 12.5 Å². The fourth-order valence-electron chi connectivity index (χ4n) is 2.39. The lowest BCUT2D eigenvalue weighted by Crippen LogP contribution is -2.34. The Labute approximate surface area is 90.6 Å². The number of ketones is 1. The normalized spacial score (nSPS) is 32.3. The number of hydrogen-bond acceptors (Lipinski definition) is 3. The number of hydrogen-bond donors (Lipinski definition) is 2. The van der Waals surface area contributed by atoms with Gasteiger partial charge >= 0.3 is 0 Å². The maximum Gasteiger partial charge on any atom is 0.157 e. The Morgan fingerprint density at radius 1 is 1.20 bits per heavy atom. The van der Waals surface area contributed by atoms with Crippen LogP contribution in [0.2, 0.25) is 0 Å². The monoisotopic (exact) mass is 209 g/mol. The third-order valence-electron chi connectivity index (χ3n) is 3.29. The first-order chi connectivity index (χ1) is 7.24. The predicted octanol–water partition coefficient (Wildman–Crippen LogP) is 1.52. The van der Waals surface area contributed by atoms with E-state index in [4.69, 9.17) is 0 Å². The van der Waals surface area contributed by atoms with Gasteiger partial charge in [0.25, 0.3) is 0 Å². The number of rotatable bonds is 2. The second-order valence-electron chi connectivity index (χ2n) is 4.64.